The van der Waals surface area contributed by atoms with Crippen molar-refractivity contribution in [3.05, 3.63) is 35.1 Å². The Labute approximate surface area is 106 Å². The summed E-state index contributed by atoms with van der Waals surface area (Å²) in [5.74, 6) is 1.12. The van der Waals surface area contributed by atoms with Gasteiger partial charge in [0.15, 0.2) is 5.96 Å². The van der Waals surface area contributed by atoms with E-state index in [1.165, 1.54) is 18.9 Å². The van der Waals surface area contributed by atoms with Gasteiger partial charge in [-0.25, -0.2) is 4.39 Å². The molecule has 96 valence electrons. The van der Waals surface area contributed by atoms with Crippen LogP contribution in [0.15, 0.2) is 23.2 Å². The van der Waals surface area contributed by atoms with Crippen LogP contribution in [0, 0.1) is 18.7 Å². The van der Waals surface area contributed by atoms with Crippen molar-refractivity contribution in [1.82, 2.24) is 4.90 Å². The second kappa shape index (κ2) is 4.26. The summed E-state index contributed by atoms with van der Waals surface area (Å²) < 4.78 is 14.0. The molecule has 1 unspecified atom stereocenters. The van der Waals surface area contributed by atoms with Gasteiger partial charge < -0.3 is 10.6 Å². The fourth-order valence-electron chi connectivity index (χ4n) is 2.51. The molecule has 1 aromatic carbocycles. The van der Waals surface area contributed by atoms with Gasteiger partial charge >= 0.3 is 0 Å². The van der Waals surface area contributed by atoms with Crippen molar-refractivity contribution in [2.75, 3.05) is 13.1 Å². The molecular formula is C14H18FN3. The number of guanidine groups is 1. The Hall–Kier alpha value is -1.58. The smallest absolute Gasteiger partial charge is 0.191 e. The van der Waals surface area contributed by atoms with Crippen molar-refractivity contribution in [1.29, 1.82) is 0 Å². The SMILES string of the molecule is Cc1ccc(F)c(C2CN=C(N)N2CC2CC2)c1. The van der Waals surface area contributed by atoms with Gasteiger partial charge in [-0.05, 0) is 31.7 Å². The van der Waals surface area contributed by atoms with Gasteiger partial charge in [-0.2, -0.15) is 0 Å². The Morgan fingerprint density at radius 2 is 2.22 bits per heavy atom. The summed E-state index contributed by atoms with van der Waals surface area (Å²) in [5, 5.41) is 0. The molecule has 18 heavy (non-hydrogen) atoms. The normalized spacial score (nSPS) is 23.3. The zero-order valence-electron chi connectivity index (χ0n) is 10.6. The van der Waals surface area contributed by atoms with Gasteiger partial charge in [0, 0.05) is 12.1 Å². The highest BCUT2D eigenvalue weighted by molar-refractivity contribution is 5.80. The maximum Gasteiger partial charge on any atom is 0.191 e. The molecule has 0 bridgehead atoms. The van der Waals surface area contributed by atoms with Crippen LogP contribution in [0.25, 0.3) is 0 Å². The highest BCUT2D eigenvalue weighted by Crippen LogP contribution is 2.35. The molecule has 0 aromatic heterocycles. The summed E-state index contributed by atoms with van der Waals surface area (Å²) in [7, 11) is 0. The molecule has 0 saturated heterocycles. The summed E-state index contributed by atoms with van der Waals surface area (Å²) >= 11 is 0. The molecule has 0 amide bonds. The number of hydrogen-bond donors (Lipinski definition) is 1. The van der Waals surface area contributed by atoms with Crippen molar-refractivity contribution in [3.63, 3.8) is 0 Å². The van der Waals surface area contributed by atoms with Crippen molar-refractivity contribution >= 4 is 5.96 Å². The van der Waals surface area contributed by atoms with E-state index in [0.717, 1.165) is 17.7 Å². The monoisotopic (exact) mass is 247 g/mol. The largest absolute Gasteiger partial charge is 0.370 e. The van der Waals surface area contributed by atoms with Crippen LogP contribution in [0.3, 0.4) is 0 Å². The molecule has 3 nitrogen and oxygen atoms in total. The van der Waals surface area contributed by atoms with Crippen LogP contribution in [0.2, 0.25) is 0 Å². The number of halogens is 1. The summed E-state index contributed by atoms with van der Waals surface area (Å²) in [5.41, 5.74) is 7.72. The molecule has 1 aliphatic heterocycles. The predicted octanol–water partition coefficient (Wildman–Crippen LogP) is 2.22. The maximum absolute atomic E-state index is 14.0. The molecule has 0 spiro atoms. The molecule has 4 heteroatoms. The molecule has 1 aromatic rings. The van der Waals surface area contributed by atoms with E-state index in [4.69, 9.17) is 5.73 Å². The molecule has 2 N–H and O–H groups in total. The van der Waals surface area contributed by atoms with Gasteiger partial charge in [0.2, 0.25) is 0 Å². The van der Waals surface area contributed by atoms with Crippen molar-refractivity contribution in [3.8, 4) is 0 Å². The lowest BCUT2D eigenvalue weighted by Gasteiger charge is -2.27. The second-order valence-electron chi connectivity index (χ2n) is 5.34. The third-order valence-electron chi connectivity index (χ3n) is 3.76. The number of hydrogen-bond acceptors (Lipinski definition) is 3. The minimum absolute atomic E-state index is 0.0227. The van der Waals surface area contributed by atoms with Crippen LogP contribution < -0.4 is 5.73 Å². The first-order chi connectivity index (χ1) is 8.65. The van der Waals surface area contributed by atoms with Crippen LogP contribution in [-0.2, 0) is 0 Å². The van der Waals surface area contributed by atoms with Crippen LogP contribution in [-0.4, -0.2) is 23.9 Å². The molecular weight excluding hydrogens is 229 g/mol. The highest BCUT2D eigenvalue weighted by Gasteiger charge is 2.34. The van der Waals surface area contributed by atoms with Crippen molar-refractivity contribution in [2.45, 2.75) is 25.8 Å². The topological polar surface area (TPSA) is 41.6 Å². The van der Waals surface area contributed by atoms with E-state index in [9.17, 15) is 4.39 Å². The van der Waals surface area contributed by atoms with E-state index in [1.54, 1.807) is 6.07 Å². The van der Waals surface area contributed by atoms with Gasteiger partial charge in [-0.1, -0.05) is 17.7 Å². The lowest BCUT2D eigenvalue weighted by molar-refractivity contribution is 0.326. The van der Waals surface area contributed by atoms with Crippen molar-refractivity contribution in [2.24, 2.45) is 16.6 Å². The standard InChI is InChI=1S/C14H18FN3/c1-9-2-5-12(15)11(6-9)13-7-17-14(16)18(13)8-10-3-4-10/h2,5-6,10,13H,3-4,7-8H2,1H3,(H2,16,17). The first-order valence-electron chi connectivity index (χ1n) is 6.48. The Morgan fingerprint density at radius 1 is 1.44 bits per heavy atom. The average molecular weight is 247 g/mol. The van der Waals surface area contributed by atoms with E-state index in [1.807, 2.05) is 13.0 Å². The predicted molar refractivity (Wildman–Crippen MR) is 69.8 cm³/mol. The molecule has 3 rings (SSSR count). The third-order valence-corrected chi connectivity index (χ3v) is 3.76. The van der Waals surface area contributed by atoms with Gasteiger partial charge in [-0.3, -0.25) is 4.99 Å². The molecule has 0 radical (unpaired) electrons. The first kappa shape index (κ1) is 11.5. The van der Waals surface area contributed by atoms with Crippen LogP contribution >= 0.6 is 0 Å². The number of rotatable bonds is 3. The molecule has 1 heterocycles. The molecule has 2 aliphatic rings. The summed E-state index contributed by atoms with van der Waals surface area (Å²) in [6.07, 6.45) is 2.51. The number of aliphatic imine (C=N–C) groups is 1. The summed E-state index contributed by atoms with van der Waals surface area (Å²) in [6.45, 7) is 3.46. The lowest BCUT2D eigenvalue weighted by Crippen LogP contribution is -2.37. The number of aryl methyl sites for hydroxylation is 1. The van der Waals surface area contributed by atoms with Crippen LogP contribution in [0.4, 0.5) is 4.39 Å². The minimum Gasteiger partial charge on any atom is -0.370 e. The summed E-state index contributed by atoms with van der Waals surface area (Å²) in [6, 6.07) is 5.22. The van der Waals surface area contributed by atoms with Gasteiger partial charge in [0.25, 0.3) is 0 Å². The first-order valence-corrected chi connectivity index (χ1v) is 6.48. The maximum atomic E-state index is 14.0. The van der Waals surface area contributed by atoms with Crippen LogP contribution in [0.5, 0.6) is 0 Å². The van der Waals surface area contributed by atoms with Gasteiger partial charge in [-0.15, -0.1) is 0 Å². The van der Waals surface area contributed by atoms with E-state index in [0.29, 0.717) is 18.4 Å². The number of nitrogens with two attached hydrogens (primary N) is 1. The Bertz CT molecular complexity index is 494. The average Bonchev–Trinajstić information content (AvgIpc) is 3.09. The van der Waals surface area contributed by atoms with E-state index in [2.05, 4.69) is 9.89 Å². The van der Waals surface area contributed by atoms with Crippen LogP contribution in [0.1, 0.15) is 30.0 Å². The van der Waals surface area contributed by atoms with Crippen molar-refractivity contribution < 1.29 is 4.39 Å². The molecule has 1 fully saturated rings. The highest BCUT2D eigenvalue weighted by atomic mass is 19.1. The Balaban J connectivity index is 1.88. The quantitative estimate of drug-likeness (QED) is 0.889. The Kier molecular flexibility index (Phi) is 2.73. The second-order valence-corrected chi connectivity index (χ2v) is 5.34. The fourth-order valence-corrected chi connectivity index (χ4v) is 2.51. The minimum atomic E-state index is -0.156. The molecule has 1 atom stereocenters. The summed E-state index contributed by atoms with van der Waals surface area (Å²) in [4.78, 5) is 6.35. The third kappa shape index (κ3) is 2.07. The number of benzene rings is 1. The van der Waals surface area contributed by atoms with Gasteiger partial charge in [0.05, 0.1) is 12.6 Å². The van der Waals surface area contributed by atoms with E-state index >= 15 is 0 Å². The lowest BCUT2D eigenvalue weighted by atomic mass is 10.0. The molecule has 1 saturated carbocycles. The fraction of sp³-hybridized carbons (Fsp3) is 0.500. The molecule has 1 aliphatic carbocycles. The Morgan fingerprint density at radius 3 is 2.94 bits per heavy atom. The van der Waals surface area contributed by atoms with Gasteiger partial charge in [0.1, 0.15) is 5.82 Å². The zero-order valence-corrected chi connectivity index (χ0v) is 10.6. The van der Waals surface area contributed by atoms with E-state index < -0.39 is 0 Å². The van der Waals surface area contributed by atoms with E-state index in [-0.39, 0.29) is 11.9 Å². The zero-order chi connectivity index (χ0) is 12.7. The number of nitrogens with zero attached hydrogens (tertiary/aromatic N) is 2.